The average Bonchev–Trinajstić information content (AvgIpc) is 2.53. The topological polar surface area (TPSA) is 41.6 Å². The Balaban J connectivity index is 2.28. The second-order valence-electron chi connectivity index (χ2n) is 3.50. The standard InChI is InChI=1S/C10H11BrClN3/c1-15-9(5-14-10(15)13)6-2-3-8(12)7(11)4-6/h2-4,9H,5H2,1H3,(H2,13,14). The number of halogens is 2. The van der Waals surface area contributed by atoms with E-state index in [0.717, 1.165) is 10.0 Å². The van der Waals surface area contributed by atoms with Crippen LogP contribution in [0.2, 0.25) is 5.02 Å². The molecule has 1 aromatic carbocycles. The highest BCUT2D eigenvalue weighted by molar-refractivity contribution is 9.10. The maximum absolute atomic E-state index is 5.94. The van der Waals surface area contributed by atoms with E-state index in [2.05, 4.69) is 20.9 Å². The second-order valence-corrected chi connectivity index (χ2v) is 4.76. The van der Waals surface area contributed by atoms with Gasteiger partial charge in [-0.2, -0.15) is 0 Å². The van der Waals surface area contributed by atoms with Crippen molar-refractivity contribution in [3.8, 4) is 0 Å². The van der Waals surface area contributed by atoms with Gasteiger partial charge in [-0.3, -0.25) is 4.99 Å². The average molecular weight is 289 g/mol. The number of nitrogens with two attached hydrogens (primary N) is 1. The quantitative estimate of drug-likeness (QED) is 0.862. The van der Waals surface area contributed by atoms with Gasteiger partial charge >= 0.3 is 0 Å². The summed E-state index contributed by atoms with van der Waals surface area (Å²) in [6, 6.07) is 6.11. The molecule has 2 rings (SSSR count). The number of benzene rings is 1. The molecule has 1 aromatic rings. The van der Waals surface area contributed by atoms with E-state index in [4.69, 9.17) is 17.3 Å². The molecule has 1 aliphatic rings. The third kappa shape index (κ3) is 1.96. The van der Waals surface area contributed by atoms with Crippen molar-refractivity contribution in [2.24, 2.45) is 10.7 Å². The minimum atomic E-state index is 0.221. The minimum absolute atomic E-state index is 0.221. The fourth-order valence-corrected chi connectivity index (χ4v) is 2.14. The van der Waals surface area contributed by atoms with E-state index in [9.17, 15) is 0 Å². The Labute approximate surface area is 102 Å². The zero-order valence-corrected chi connectivity index (χ0v) is 10.6. The molecule has 3 nitrogen and oxygen atoms in total. The van der Waals surface area contributed by atoms with Crippen molar-refractivity contribution in [1.29, 1.82) is 0 Å². The Morgan fingerprint density at radius 2 is 2.33 bits per heavy atom. The molecule has 0 fully saturated rings. The molecule has 0 spiro atoms. The normalized spacial score (nSPS) is 20.6. The number of rotatable bonds is 1. The second kappa shape index (κ2) is 4.02. The summed E-state index contributed by atoms with van der Waals surface area (Å²) in [6.45, 7) is 0.705. The molecule has 1 atom stereocenters. The lowest BCUT2D eigenvalue weighted by atomic mass is 10.1. The van der Waals surface area contributed by atoms with Crippen molar-refractivity contribution in [2.45, 2.75) is 6.04 Å². The molecule has 1 heterocycles. The third-order valence-corrected chi connectivity index (χ3v) is 3.80. The molecule has 15 heavy (non-hydrogen) atoms. The van der Waals surface area contributed by atoms with E-state index in [0.29, 0.717) is 17.5 Å². The molecular weight excluding hydrogens is 277 g/mol. The Morgan fingerprint density at radius 1 is 1.60 bits per heavy atom. The lowest BCUT2D eigenvalue weighted by Gasteiger charge is -2.21. The number of guanidine groups is 1. The summed E-state index contributed by atoms with van der Waals surface area (Å²) in [5.74, 6) is 0.589. The van der Waals surface area contributed by atoms with E-state index in [-0.39, 0.29) is 6.04 Å². The molecule has 0 amide bonds. The molecule has 0 radical (unpaired) electrons. The zero-order valence-electron chi connectivity index (χ0n) is 8.24. The maximum Gasteiger partial charge on any atom is 0.191 e. The predicted octanol–water partition coefficient (Wildman–Crippen LogP) is 2.40. The molecule has 5 heteroatoms. The van der Waals surface area contributed by atoms with Crippen LogP contribution in [-0.2, 0) is 0 Å². The van der Waals surface area contributed by atoms with Crippen LogP contribution < -0.4 is 5.73 Å². The first kappa shape index (κ1) is 10.8. The van der Waals surface area contributed by atoms with Crippen molar-refractivity contribution in [2.75, 3.05) is 13.6 Å². The van der Waals surface area contributed by atoms with Crippen LogP contribution in [0.15, 0.2) is 27.7 Å². The first-order valence-electron chi connectivity index (χ1n) is 4.57. The Hall–Kier alpha value is -0.740. The molecule has 80 valence electrons. The number of likely N-dealkylation sites (N-methyl/N-ethyl adjacent to an activating group) is 1. The fourth-order valence-electron chi connectivity index (χ4n) is 1.62. The van der Waals surface area contributed by atoms with Crippen molar-refractivity contribution in [1.82, 2.24) is 4.90 Å². The number of hydrogen-bond donors (Lipinski definition) is 1. The van der Waals surface area contributed by atoms with E-state index in [1.165, 1.54) is 0 Å². The summed E-state index contributed by atoms with van der Waals surface area (Å²) in [5, 5.41) is 0.716. The summed E-state index contributed by atoms with van der Waals surface area (Å²) in [6.07, 6.45) is 0. The van der Waals surface area contributed by atoms with Crippen molar-refractivity contribution < 1.29 is 0 Å². The first-order chi connectivity index (χ1) is 7.09. The van der Waals surface area contributed by atoms with Gasteiger partial charge in [0.1, 0.15) is 0 Å². The van der Waals surface area contributed by atoms with Gasteiger partial charge in [-0.15, -0.1) is 0 Å². The molecule has 0 aromatic heterocycles. The molecule has 0 bridgehead atoms. The third-order valence-electron chi connectivity index (χ3n) is 2.58. The smallest absolute Gasteiger partial charge is 0.191 e. The van der Waals surface area contributed by atoms with Crippen molar-refractivity contribution >= 4 is 33.5 Å². The van der Waals surface area contributed by atoms with E-state index in [1.807, 2.05) is 30.1 Å². The Kier molecular flexibility index (Phi) is 2.89. The van der Waals surface area contributed by atoms with Crippen LogP contribution >= 0.6 is 27.5 Å². The van der Waals surface area contributed by atoms with Gasteiger partial charge in [0.25, 0.3) is 0 Å². The van der Waals surface area contributed by atoms with E-state index in [1.54, 1.807) is 0 Å². The predicted molar refractivity (Wildman–Crippen MR) is 66.1 cm³/mol. The van der Waals surface area contributed by atoms with Crippen LogP contribution in [0.25, 0.3) is 0 Å². The number of nitrogens with zero attached hydrogens (tertiary/aromatic N) is 2. The van der Waals surface area contributed by atoms with Gasteiger partial charge in [-0.05, 0) is 33.6 Å². The highest BCUT2D eigenvalue weighted by Crippen LogP contribution is 2.29. The van der Waals surface area contributed by atoms with E-state index >= 15 is 0 Å². The van der Waals surface area contributed by atoms with Gasteiger partial charge in [0, 0.05) is 11.5 Å². The van der Waals surface area contributed by atoms with Gasteiger partial charge in [-0.25, -0.2) is 0 Å². The van der Waals surface area contributed by atoms with Crippen LogP contribution in [0.4, 0.5) is 0 Å². The van der Waals surface area contributed by atoms with E-state index < -0.39 is 0 Å². The highest BCUT2D eigenvalue weighted by Gasteiger charge is 2.24. The van der Waals surface area contributed by atoms with Gasteiger partial charge in [-0.1, -0.05) is 17.7 Å². The summed E-state index contributed by atoms with van der Waals surface area (Å²) in [7, 11) is 1.94. The fraction of sp³-hybridized carbons (Fsp3) is 0.300. The highest BCUT2D eigenvalue weighted by atomic mass is 79.9. The Morgan fingerprint density at radius 3 is 2.87 bits per heavy atom. The van der Waals surface area contributed by atoms with Gasteiger partial charge in [0.05, 0.1) is 17.6 Å². The molecule has 0 saturated heterocycles. The van der Waals surface area contributed by atoms with Gasteiger partial charge < -0.3 is 10.6 Å². The molecular formula is C10H11BrClN3. The molecule has 1 unspecified atom stereocenters. The van der Waals surface area contributed by atoms with Crippen LogP contribution in [-0.4, -0.2) is 24.5 Å². The van der Waals surface area contributed by atoms with Crippen molar-refractivity contribution in [3.63, 3.8) is 0 Å². The monoisotopic (exact) mass is 287 g/mol. The lowest BCUT2D eigenvalue weighted by Crippen LogP contribution is -2.32. The Bertz CT molecular complexity index is 419. The lowest BCUT2D eigenvalue weighted by molar-refractivity contribution is 0.414. The van der Waals surface area contributed by atoms with Crippen LogP contribution in [0, 0.1) is 0 Å². The van der Waals surface area contributed by atoms with Crippen molar-refractivity contribution in [3.05, 3.63) is 33.3 Å². The van der Waals surface area contributed by atoms with Crippen LogP contribution in [0.3, 0.4) is 0 Å². The maximum atomic E-state index is 5.94. The molecule has 0 saturated carbocycles. The largest absolute Gasteiger partial charge is 0.370 e. The summed E-state index contributed by atoms with van der Waals surface area (Å²) in [4.78, 5) is 6.17. The number of aliphatic imine (C=N–C) groups is 1. The first-order valence-corrected chi connectivity index (χ1v) is 5.74. The SMILES string of the molecule is CN1C(N)=NCC1c1ccc(Cl)c(Br)c1. The molecule has 0 aliphatic carbocycles. The molecule has 1 aliphatic heterocycles. The summed E-state index contributed by atoms with van der Waals surface area (Å²) < 4.78 is 0.903. The van der Waals surface area contributed by atoms with Crippen LogP contribution in [0.5, 0.6) is 0 Å². The van der Waals surface area contributed by atoms with Gasteiger partial charge in [0.15, 0.2) is 5.96 Å². The van der Waals surface area contributed by atoms with Gasteiger partial charge in [0.2, 0.25) is 0 Å². The summed E-state index contributed by atoms with van der Waals surface area (Å²) in [5.41, 5.74) is 6.88. The molecule has 2 N–H and O–H groups in total. The summed E-state index contributed by atoms with van der Waals surface area (Å²) >= 11 is 9.35. The minimum Gasteiger partial charge on any atom is -0.370 e. The number of hydrogen-bond acceptors (Lipinski definition) is 3. The van der Waals surface area contributed by atoms with Crippen LogP contribution in [0.1, 0.15) is 11.6 Å². The zero-order chi connectivity index (χ0) is 11.0.